The summed E-state index contributed by atoms with van der Waals surface area (Å²) in [5.74, 6) is -2.76. The van der Waals surface area contributed by atoms with Gasteiger partial charge in [-0.25, -0.2) is 0 Å². The average molecular weight is 655 g/mol. The zero-order chi connectivity index (χ0) is 33.8. The molecule has 4 aromatic rings. The van der Waals surface area contributed by atoms with E-state index in [1.54, 1.807) is 20.8 Å². The van der Waals surface area contributed by atoms with Gasteiger partial charge in [-0.15, -0.1) is 0 Å². The molecule has 48 heavy (non-hydrogen) atoms. The molecule has 0 aliphatic carbocycles. The number of hydrogen-bond acceptors (Lipinski definition) is 8. The minimum absolute atomic E-state index is 0.0571. The molecule has 1 fully saturated rings. The third kappa shape index (κ3) is 10.6. The zero-order valence-electron chi connectivity index (χ0n) is 27.9. The molecule has 4 aromatic carbocycles. The second-order valence-corrected chi connectivity index (χ2v) is 13.0. The van der Waals surface area contributed by atoms with Crippen LogP contribution in [0.4, 0.5) is 0 Å². The van der Waals surface area contributed by atoms with Crippen LogP contribution >= 0.6 is 0 Å². The lowest BCUT2D eigenvalue weighted by atomic mass is 9.89. The summed E-state index contributed by atoms with van der Waals surface area (Å²) in [6.45, 7) is 6.31. The van der Waals surface area contributed by atoms with Gasteiger partial charge >= 0.3 is 5.97 Å². The molecule has 0 spiro atoms. The second-order valence-electron chi connectivity index (χ2n) is 13.0. The molecule has 0 aromatic heterocycles. The lowest BCUT2D eigenvalue weighted by molar-refractivity contribution is -0.370. The van der Waals surface area contributed by atoms with Crippen LogP contribution in [0.25, 0.3) is 0 Å². The molecule has 5 atom stereocenters. The summed E-state index contributed by atoms with van der Waals surface area (Å²) in [5, 5.41) is 12.4. The molecule has 1 aliphatic heterocycles. The van der Waals surface area contributed by atoms with Gasteiger partial charge in [0, 0.05) is 0 Å². The molecule has 1 unspecified atom stereocenters. The van der Waals surface area contributed by atoms with Gasteiger partial charge in [0.25, 0.3) is 0 Å². The first-order valence-corrected chi connectivity index (χ1v) is 16.4. The summed E-state index contributed by atoms with van der Waals surface area (Å²) in [4.78, 5) is 13.3. The van der Waals surface area contributed by atoms with Crippen LogP contribution in [0.5, 0.6) is 0 Å². The highest BCUT2D eigenvalue weighted by molar-refractivity contribution is 5.71. The second kappa shape index (κ2) is 17.0. The highest BCUT2D eigenvalue weighted by atomic mass is 16.7. The maximum atomic E-state index is 13.3. The van der Waals surface area contributed by atoms with Crippen molar-refractivity contribution in [3.8, 4) is 0 Å². The quantitative estimate of drug-likeness (QED) is 0.140. The monoisotopic (exact) mass is 654 g/mol. The van der Waals surface area contributed by atoms with E-state index >= 15 is 0 Å². The van der Waals surface area contributed by atoms with Crippen LogP contribution in [0.2, 0.25) is 0 Å². The Morgan fingerprint density at radius 3 is 1.52 bits per heavy atom. The first-order valence-electron chi connectivity index (χ1n) is 16.4. The number of aliphatic hydroxyl groups is 1. The van der Waals surface area contributed by atoms with Gasteiger partial charge in [-0.2, -0.15) is 0 Å². The summed E-state index contributed by atoms with van der Waals surface area (Å²) in [7, 11) is 0. The van der Waals surface area contributed by atoms with E-state index in [-0.39, 0.29) is 26.4 Å². The molecule has 8 heteroatoms. The first kappa shape index (κ1) is 35.4. The van der Waals surface area contributed by atoms with Crippen LogP contribution in [0.3, 0.4) is 0 Å². The number of rotatable bonds is 15. The molecule has 0 amide bonds. The molecule has 0 saturated carbocycles. The van der Waals surface area contributed by atoms with Gasteiger partial charge in [0.2, 0.25) is 5.79 Å². The molecule has 1 aliphatic rings. The minimum Gasteiger partial charge on any atom is -0.460 e. The molecule has 1 saturated heterocycles. The SMILES string of the molecule is CC(C)(C)OC(=O)CC1(O)O[C@H](COCc2ccccc2)[C@@H](OCc2ccccc2)[C@H](OCc2ccccc2)[C@@H]1OCc1ccccc1. The molecular formula is C40H46O8. The average Bonchev–Trinajstić information content (AvgIpc) is 3.07. The summed E-state index contributed by atoms with van der Waals surface area (Å²) >= 11 is 0. The predicted molar refractivity (Wildman–Crippen MR) is 181 cm³/mol. The van der Waals surface area contributed by atoms with Gasteiger partial charge in [-0.3, -0.25) is 4.79 Å². The number of ether oxygens (including phenoxy) is 6. The van der Waals surface area contributed by atoms with E-state index in [4.69, 9.17) is 28.4 Å². The smallest absolute Gasteiger partial charge is 0.311 e. The molecule has 5 rings (SSSR count). The normalized spacial score (nSPS) is 22.7. The molecule has 1 heterocycles. The van der Waals surface area contributed by atoms with Crippen molar-refractivity contribution in [2.75, 3.05) is 6.61 Å². The first-order chi connectivity index (χ1) is 23.2. The fourth-order valence-corrected chi connectivity index (χ4v) is 5.66. The largest absolute Gasteiger partial charge is 0.460 e. The highest BCUT2D eigenvalue weighted by Crippen LogP contribution is 2.38. The van der Waals surface area contributed by atoms with Crippen molar-refractivity contribution < 1.29 is 38.3 Å². The number of esters is 1. The van der Waals surface area contributed by atoms with Crippen molar-refractivity contribution in [2.45, 2.75) is 89.4 Å². The fourth-order valence-electron chi connectivity index (χ4n) is 5.66. The Bertz CT molecular complexity index is 1510. The number of benzene rings is 4. The third-order valence-corrected chi connectivity index (χ3v) is 7.84. The van der Waals surface area contributed by atoms with Crippen molar-refractivity contribution in [3.05, 3.63) is 144 Å². The van der Waals surface area contributed by atoms with Crippen LogP contribution < -0.4 is 0 Å². The topological polar surface area (TPSA) is 92.7 Å². The van der Waals surface area contributed by atoms with E-state index in [9.17, 15) is 9.90 Å². The summed E-state index contributed by atoms with van der Waals surface area (Å²) in [5.41, 5.74) is 2.99. The van der Waals surface area contributed by atoms with Crippen molar-refractivity contribution >= 4 is 5.97 Å². The Morgan fingerprint density at radius 1 is 0.646 bits per heavy atom. The summed E-state index contributed by atoms with van der Waals surface area (Å²) in [6.07, 6.45) is -4.08. The van der Waals surface area contributed by atoms with Crippen molar-refractivity contribution in [2.24, 2.45) is 0 Å². The van der Waals surface area contributed by atoms with Crippen LogP contribution in [0.15, 0.2) is 121 Å². The molecule has 0 bridgehead atoms. The number of carbonyl (C=O) groups excluding carboxylic acids is 1. The van der Waals surface area contributed by atoms with Crippen LogP contribution in [-0.2, 0) is 59.6 Å². The Balaban J connectivity index is 1.49. The van der Waals surface area contributed by atoms with Gasteiger partial charge in [0.15, 0.2) is 0 Å². The van der Waals surface area contributed by atoms with Gasteiger partial charge in [-0.05, 0) is 43.0 Å². The van der Waals surface area contributed by atoms with Crippen LogP contribution in [-0.4, -0.2) is 53.5 Å². The highest BCUT2D eigenvalue weighted by Gasteiger charge is 2.57. The molecule has 254 valence electrons. The van der Waals surface area contributed by atoms with Gasteiger partial charge in [0.05, 0.1) is 33.0 Å². The lowest BCUT2D eigenvalue weighted by Gasteiger charge is -2.50. The molecule has 8 nitrogen and oxygen atoms in total. The van der Waals surface area contributed by atoms with Crippen LogP contribution in [0, 0.1) is 0 Å². The maximum absolute atomic E-state index is 13.3. The van der Waals surface area contributed by atoms with Crippen molar-refractivity contribution in [3.63, 3.8) is 0 Å². The summed E-state index contributed by atoms with van der Waals surface area (Å²) in [6, 6.07) is 39.0. The Hall–Kier alpha value is -3.89. The van der Waals surface area contributed by atoms with Crippen molar-refractivity contribution in [1.82, 2.24) is 0 Å². The van der Waals surface area contributed by atoms with E-state index in [1.165, 1.54) is 0 Å². The Morgan fingerprint density at radius 2 is 1.06 bits per heavy atom. The van der Waals surface area contributed by atoms with Crippen molar-refractivity contribution in [1.29, 1.82) is 0 Å². The number of hydrogen-bond donors (Lipinski definition) is 1. The van der Waals surface area contributed by atoms with E-state index in [0.717, 1.165) is 22.3 Å². The molecule has 1 N–H and O–H groups in total. The lowest BCUT2D eigenvalue weighted by Crippen LogP contribution is -2.67. The van der Waals surface area contributed by atoms with E-state index in [0.29, 0.717) is 6.61 Å². The van der Waals surface area contributed by atoms with E-state index in [1.807, 2.05) is 121 Å². The molecular weight excluding hydrogens is 608 g/mol. The minimum atomic E-state index is -2.13. The van der Waals surface area contributed by atoms with Gasteiger partial charge in [0.1, 0.15) is 36.4 Å². The zero-order valence-corrected chi connectivity index (χ0v) is 27.9. The van der Waals surface area contributed by atoms with Gasteiger partial charge in [-0.1, -0.05) is 121 Å². The van der Waals surface area contributed by atoms with E-state index in [2.05, 4.69) is 0 Å². The maximum Gasteiger partial charge on any atom is 0.311 e. The summed E-state index contributed by atoms with van der Waals surface area (Å²) < 4.78 is 38.0. The van der Waals surface area contributed by atoms with Crippen LogP contribution in [0.1, 0.15) is 49.4 Å². The standard InChI is InChI=1S/C40H46O8/c1-39(2,3)48-35(41)24-40(42)38(46-28-33-22-14-7-15-23-33)37(45-27-32-20-12-6-13-21-32)36(44-26-31-18-10-5-11-19-31)34(47-40)29-43-25-30-16-8-4-9-17-30/h4-23,34,36-38,42H,24-29H2,1-3H3/t34-,36-,37+,38+,40?/m1/s1. The Labute approximate surface area is 283 Å². The number of carbonyl (C=O) groups is 1. The van der Waals surface area contributed by atoms with E-state index < -0.39 is 48.2 Å². The Kier molecular flexibility index (Phi) is 12.5. The predicted octanol–water partition coefficient (Wildman–Crippen LogP) is 6.78. The molecule has 0 radical (unpaired) electrons. The fraction of sp³-hybridized carbons (Fsp3) is 0.375. The van der Waals surface area contributed by atoms with Gasteiger partial charge < -0.3 is 33.5 Å². The third-order valence-electron chi connectivity index (χ3n) is 7.84.